The highest BCUT2D eigenvalue weighted by atomic mass is 16.7. The number of rotatable bonds is 9. The molecular weight excluding hydrogens is 640 g/mol. The molecule has 0 saturated heterocycles. The van der Waals surface area contributed by atoms with Gasteiger partial charge in [-0.3, -0.25) is 9.69 Å². The fraction of sp³-hybridized carbons (Fsp3) is 0.474. The van der Waals surface area contributed by atoms with Gasteiger partial charge in [-0.25, -0.2) is 4.79 Å². The lowest BCUT2D eigenvalue weighted by atomic mass is 10.0. The molecule has 3 amide bonds. The smallest absolute Gasteiger partial charge is 0.323 e. The second-order valence-electron chi connectivity index (χ2n) is 13.2. The molecule has 12 nitrogen and oxygen atoms in total. The molecule has 0 spiro atoms. The van der Waals surface area contributed by atoms with Gasteiger partial charge in [-0.2, -0.15) is 0 Å². The molecule has 0 saturated carbocycles. The number of ether oxygens (including phenoxy) is 5. The number of methoxy groups -OCH3 is 1. The number of amides is 3. The average molecular weight is 691 g/mol. The van der Waals surface area contributed by atoms with Crippen LogP contribution in [0.1, 0.15) is 56.0 Å². The van der Waals surface area contributed by atoms with Crippen LogP contribution in [0.4, 0.5) is 16.2 Å². The number of hydrogen-bond donors (Lipinski definition) is 3. The van der Waals surface area contributed by atoms with Crippen molar-refractivity contribution < 1.29 is 38.4 Å². The van der Waals surface area contributed by atoms with Gasteiger partial charge in [0.05, 0.1) is 37.5 Å². The van der Waals surface area contributed by atoms with Crippen LogP contribution in [-0.4, -0.2) is 92.3 Å². The van der Waals surface area contributed by atoms with Crippen LogP contribution in [0.3, 0.4) is 0 Å². The van der Waals surface area contributed by atoms with Crippen LogP contribution in [0.5, 0.6) is 23.0 Å². The molecular formula is C38H50N4O8. The van der Waals surface area contributed by atoms with E-state index in [1.807, 2.05) is 32.0 Å². The monoisotopic (exact) mass is 690 g/mol. The Bertz CT molecular complexity index is 1590. The molecule has 0 bridgehead atoms. The zero-order valence-electron chi connectivity index (χ0n) is 29.6. The second-order valence-corrected chi connectivity index (χ2v) is 13.2. The van der Waals surface area contributed by atoms with Crippen LogP contribution in [0.25, 0.3) is 0 Å². The fourth-order valence-corrected chi connectivity index (χ4v) is 6.15. The standard InChI is InChI=1S/C38H50N4O8/c1-25-20-42(26(2)23-43)37(44)32-19-30(40-38(45)39-29-10-13-31(46-5)14-11-29)12-16-33(32)50-27(3)8-6-7-17-47-36(25)22-41(4)21-28-9-15-34-35(18-28)49-24-48-34/h9-16,18-19,25-27,36,43H,6-8,17,20-24H2,1-5H3,(H2,39,40,45)/t25-,26+,27-,36+/m1/s1. The molecule has 270 valence electrons. The summed E-state index contributed by atoms with van der Waals surface area (Å²) in [5, 5.41) is 15.9. The number of anilines is 2. The number of nitrogens with one attached hydrogen (secondary N) is 2. The highest BCUT2D eigenvalue weighted by Gasteiger charge is 2.30. The van der Waals surface area contributed by atoms with E-state index in [1.54, 1.807) is 54.5 Å². The first kappa shape index (κ1) is 36.8. The first-order valence-electron chi connectivity index (χ1n) is 17.3. The fourth-order valence-electron chi connectivity index (χ4n) is 6.15. The van der Waals surface area contributed by atoms with Gasteiger partial charge in [0.25, 0.3) is 5.91 Å². The first-order valence-corrected chi connectivity index (χ1v) is 17.3. The van der Waals surface area contributed by atoms with E-state index in [1.165, 1.54) is 0 Å². The number of aliphatic hydroxyl groups excluding tert-OH is 1. The molecule has 0 unspecified atom stereocenters. The Balaban J connectivity index is 1.35. The van der Waals surface area contributed by atoms with Gasteiger partial charge in [0.1, 0.15) is 11.5 Å². The third kappa shape index (κ3) is 9.80. The predicted molar refractivity (Wildman–Crippen MR) is 191 cm³/mol. The lowest BCUT2D eigenvalue weighted by Gasteiger charge is -2.36. The van der Waals surface area contributed by atoms with Gasteiger partial charge in [-0.05, 0) is 100 Å². The Morgan fingerprint density at radius 2 is 1.72 bits per heavy atom. The molecule has 5 rings (SSSR count). The Morgan fingerprint density at radius 3 is 2.48 bits per heavy atom. The number of fused-ring (bicyclic) bond motifs is 2. The van der Waals surface area contributed by atoms with Crippen LogP contribution in [0.15, 0.2) is 60.7 Å². The van der Waals surface area contributed by atoms with Crippen molar-refractivity contribution in [1.82, 2.24) is 9.80 Å². The summed E-state index contributed by atoms with van der Waals surface area (Å²) in [6.07, 6.45) is 2.21. The summed E-state index contributed by atoms with van der Waals surface area (Å²) >= 11 is 0. The second kappa shape index (κ2) is 17.4. The van der Waals surface area contributed by atoms with Gasteiger partial charge in [0, 0.05) is 43.5 Å². The van der Waals surface area contributed by atoms with Crippen LogP contribution < -0.4 is 29.6 Å². The topological polar surface area (TPSA) is 131 Å². The molecule has 3 aromatic rings. The molecule has 0 aliphatic carbocycles. The lowest BCUT2D eigenvalue weighted by Crippen LogP contribution is -2.47. The third-order valence-corrected chi connectivity index (χ3v) is 9.04. The van der Waals surface area contributed by atoms with Crippen molar-refractivity contribution in [3.8, 4) is 23.0 Å². The Kier molecular flexibility index (Phi) is 12.8. The van der Waals surface area contributed by atoms with Crippen LogP contribution >= 0.6 is 0 Å². The maximum Gasteiger partial charge on any atom is 0.323 e. The van der Waals surface area contributed by atoms with E-state index >= 15 is 0 Å². The normalized spacial score (nSPS) is 20.3. The Hall–Kier alpha value is -4.52. The minimum Gasteiger partial charge on any atom is -0.497 e. The van der Waals surface area contributed by atoms with Crippen molar-refractivity contribution in [2.24, 2.45) is 5.92 Å². The van der Waals surface area contributed by atoms with Gasteiger partial charge >= 0.3 is 6.03 Å². The van der Waals surface area contributed by atoms with Crippen molar-refractivity contribution in [3.63, 3.8) is 0 Å². The zero-order valence-corrected chi connectivity index (χ0v) is 29.6. The van der Waals surface area contributed by atoms with E-state index in [4.69, 9.17) is 23.7 Å². The van der Waals surface area contributed by atoms with E-state index in [9.17, 15) is 14.7 Å². The Morgan fingerprint density at radius 1 is 1.00 bits per heavy atom. The summed E-state index contributed by atoms with van der Waals surface area (Å²) in [7, 11) is 3.63. The molecule has 2 heterocycles. The number of likely N-dealkylation sites (N-methyl/N-ethyl adjacent to an activating group) is 1. The molecule has 3 N–H and O–H groups in total. The maximum absolute atomic E-state index is 14.4. The lowest BCUT2D eigenvalue weighted by molar-refractivity contribution is -0.0177. The number of aliphatic hydroxyl groups is 1. The summed E-state index contributed by atoms with van der Waals surface area (Å²) in [5.74, 6) is 2.24. The van der Waals surface area contributed by atoms with E-state index in [0.717, 1.165) is 36.3 Å². The van der Waals surface area contributed by atoms with Crippen molar-refractivity contribution in [2.45, 2.75) is 64.8 Å². The van der Waals surface area contributed by atoms with Gasteiger partial charge in [0.2, 0.25) is 6.79 Å². The summed E-state index contributed by atoms with van der Waals surface area (Å²) < 4.78 is 29.1. The van der Waals surface area contributed by atoms with E-state index < -0.39 is 12.1 Å². The molecule has 2 aliphatic heterocycles. The molecule has 2 aliphatic rings. The quantitative estimate of drug-likeness (QED) is 0.248. The highest BCUT2D eigenvalue weighted by molar-refractivity contribution is 6.02. The molecule has 12 heteroatoms. The third-order valence-electron chi connectivity index (χ3n) is 9.04. The summed E-state index contributed by atoms with van der Waals surface area (Å²) in [5.41, 5.74) is 2.42. The largest absolute Gasteiger partial charge is 0.497 e. The molecule has 50 heavy (non-hydrogen) atoms. The van der Waals surface area contributed by atoms with Crippen LogP contribution in [0.2, 0.25) is 0 Å². The van der Waals surface area contributed by atoms with E-state index in [2.05, 4.69) is 29.5 Å². The summed E-state index contributed by atoms with van der Waals surface area (Å²) in [6.45, 7) is 8.15. The molecule has 0 aromatic heterocycles. The number of benzene rings is 3. The van der Waals surface area contributed by atoms with E-state index in [-0.39, 0.29) is 37.4 Å². The zero-order chi connectivity index (χ0) is 35.6. The van der Waals surface area contributed by atoms with Gasteiger partial charge < -0.3 is 44.3 Å². The molecule has 3 aromatic carbocycles. The number of urea groups is 1. The van der Waals surface area contributed by atoms with E-state index in [0.29, 0.717) is 54.7 Å². The minimum atomic E-state index is -0.481. The molecule has 0 radical (unpaired) electrons. The van der Waals surface area contributed by atoms with Crippen molar-refractivity contribution in [3.05, 3.63) is 71.8 Å². The van der Waals surface area contributed by atoms with Gasteiger partial charge in [-0.1, -0.05) is 13.0 Å². The van der Waals surface area contributed by atoms with Crippen LogP contribution in [0, 0.1) is 5.92 Å². The molecule has 0 fully saturated rings. The van der Waals surface area contributed by atoms with Gasteiger partial charge in [0.15, 0.2) is 11.5 Å². The summed E-state index contributed by atoms with van der Waals surface area (Å²) in [4.78, 5) is 31.2. The van der Waals surface area contributed by atoms with Crippen molar-refractivity contribution in [1.29, 1.82) is 0 Å². The first-order chi connectivity index (χ1) is 24.1. The highest BCUT2D eigenvalue weighted by Crippen LogP contribution is 2.33. The van der Waals surface area contributed by atoms with Crippen LogP contribution in [-0.2, 0) is 11.3 Å². The number of carbonyl (C=O) groups excluding carboxylic acids is 2. The minimum absolute atomic E-state index is 0.0741. The average Bonchev–Trinajstić information content (AvgIpc) is 3.58. The maximum atomic E-state index is 14.4. The number of nitrogens with zero attached hydrogens (tertiary/aromatic N) is 2. The Labute approximate surface area is 294 Å². The molecule has 4 atom stereocenters. The predicted octanol–water partition coefficient (Wildman–Crippen LogP) is 6.00. The summed E-state index contributed by atoms with van der Waals surface area (Å²) in [6, 6.07) is 17.1. The van der Waals surface area contributed by atoms with Crippen molar-refractivity contribution >= 4 is 23.3 Å². The van der Waals surface area contributed by atoms with Gasteiger partial charge in [-0.15, -0.1) is 0 Å². The SMILES string of the molecule is COc1ccc(NC(=O)Nc2ccc3c(c2)C(=O)N([C@@H](C)CO)C[C@@H](C)[C@H](CN(C)Cc2ccc4c(c2)OCO4)OCCCC[C@@H](C)O3)cc1. The number of carbonyl (C=O) groups is 2. The number of hydrogen-bond acceptors (Lipinski definition) is 9. The van der Waals surface area contributed by atoms with Crippen molar-refractivity contribution in [2.75, 3.05) is 57.9 Å².